The minimum Gasteiger partial charge on any atom is -0.367 e. The van der Waals surface area contributed by atoms with E-state index in [0.29, 0.717) is 23.6 Å². The van der Waals surface area contributed by atoms with Crippen molar-refractivity contribution in [1.29, 1.82) is 0 Å². The van der Waals surface area contributed by atoms with Gasteiger partial charge in [0.2, 0.25) is 11.8 Å². The number of carbonyl (C=O) groups is 2. The highest BCUT2D eigenvalue weighted by Crippen LogP contribution is 2.38. The number of carbonyl (C=O) groups excluding carboxylic acids is 2. The van der Waals surface area contributed by atoms with Crippen LogP contribution in [0.4, 0.5) is 11.4 Å². The summed E-state index contributed by atoms with van der Waals surface area (Å²) in [7, 11) is 0. The minimum absolute atomic E-state index is 0.0105. The number of likely N-dealkylation sites (tertiary alicyclic amines) is 1. The topological polar surface area (TPSA) is 92.6 Å². The van der Waals surface area contributed by atoms with Crippen LogP contribution in [0.25, 0.3) is 0 Å². The van der Waals surface area contributed by atoms with Gasteiger partial charge in [0.05, 0.1) is 23.4 Å². The van der Waals surface area contributed by atoms with Crippen molar-refractivity contribution in [2.24, 2.45) is 11.8 Å². The Labute approximate surface area is 137 Å². The van der Waals surface area contributed by atoms with Gasteiger partial charge in [-0.3, -0.25) is 24.6 Å². The number of amides is 2. The van der Waals surface area contributed by atoms with Crippen molar-refractivity contribution in [2.75, 3.05) is 12.0 Å². The van der Waals surface area contributed by atoms with E-state index in [2.05, 4.69) is 5.32 Å². The summed E-state index contributed by atoms with van der Waals surface area (Å²) in [4.78, 5) is 36.1. The third-order valence-electron chi connectivity index (χ3n) is 4.16. The molecule has 1 aliphatic carbocycles. The molecule has 0 radical (unpaired) electrons. The van der Waals surface area contributed by atoms with Gasteiger partial charge in [-0.1, -0.05) is 23.7 Å². The van der Waals surface area contributed by atoms with Crippen LogP contribution in [-0.4, -0.2) is 28.3 Å². The molecule has 1 aromatic rings. The average molecular weight is 336 g/mol. The van der Waals surface area contributed by atoms with E-state index in [1.54, 1.807) is 12.1 Å². The number of nitro groups is 1. The molecular weight excluding hydrogens is 322 g/mol. The SMILES string of the molecule is O=C1C2CC=C(Cl)CC2C(=O)N1CNc1cccc([N+](=O)[O-])c1. The van der Waals surface area contributed by atoms with Crippen LogP contribution in [0.3, 0.4) is 0 Å². The lowest BCUT2D eigenvalue weighted by Gasteiger charge is -2.17. The van der Waals surface area contributed by atoms with Gasteiger partial charge < -0.3 is 5.32 Å². The van der Waals surface area contributed by atoms with Gasteiger partial charge in [-0.05, 0) is 18.9 Å². The Morgan fingerprint density at radius 2 is 2.04 bits per heavy atom. The molecule has 2 amide bonds. The van der Waals surface area contributed by atoms with Crippen LogP contribution in [0.1, 0.15) is 12.8 Å². The van der Waals surface area contributed by atoms with Crippen LogP contribution in [0.5, 0.6) is 0 Å². The van der Waals surface area contributed by atoms with Crippen LogP contribution < -0.4 is 5.32 Å². The molecule has 3 rings (SSSR count). The predicted molar refractivity (Wildman–Crippen MR) is 83.6 cm³/mol. The molecule has 1 N–H and O–H groups in total. The number of imide groups is 1. The average Bonchev–Trinajstić information content (AvgIpc) is 2.76. The van der Waals surface area contributed by atoms with Gasteiger partial charge in [0.25, 0.3) is 5.69 Å². The fraction of sp³-hybridized carbons (Fsp3) is 0.333. The van der Waals surface area contributed by atoms with E-state index in [9.17, 15) is 19.7 Å². The molecule has 1 fully saturated rings. The molecule has 2 unspecified atom stereocenters. The van der Waals surface area contributed by atoms with Gasteiger partial charge in [-0.15, -0.1) is 0 Å². The number of nitrogens with zero attached hydrogens (tertiary/aromatic N) is 2. The van der Waals surface area contributed by atoms with Crippen molar-refractivity contribution in [2.45, 2.75) is 12.8 Å². The smallest absolute Gasteiger partial charge is 0.271 e. The van der Waals surface area contributed by atoms with Crippen molar-refractivity contribution in [3.05, 3.63) is 45.5 Å². The van der Waals surface area contributed by atoms with E-state index < -0.39 is 10.8 Å². The highest BCUT2D eigenvalue weighted by atomic mass is 35.5. The molecule has 2 atom stereocenters. The first-order valence-electron chi connectivity index (χ1n) is 7.15. The van der Waals surface area contributed by atoms with Crippen molar-refractivity contribution in [3.63, 3.8) is 0 Å². The van der Waals surface area contributed by atoms with Gasteiger partial charge in [0, 0.05) is 22.9 Å². The van der Waals surface area contributed by atoms with Crippen LogP contribution in [0, 0.1) is 22.0 Å². The van der Waals surface area contributed by atoms with E-state index in [1.165, 1.54) is 18.2 Å². The summed E-state index contributed by atoms with van der Waals surface area (Å²) in [5, 5.41) is 14.3. The molecule has 120 valence electrons. The lowest BCUT2D eigenvalue weighted by atomic mass is 9.85. The number of anilines is 1. The molecule has 23 heavy (non-hydrogen) atoms. The molecule has 0 spiro atoms. The second-order valence-corrected chi connectivity index (χ2v) is 6.04. The first kappa shape index (κ1) is 15.5. The Balaban J connectivity index is 1.69. The molecule has 8 heteroatoms. The maximum absolute atomic E-state index is 12.4. The molecular formula is C15H14ClN3O4. The summed E-state index contributed by atoms with van der Waals surface area (Å²) >= 11 is 5.96. The molecule has 2 aliphatic rings. The van der Waals surface area contributed by atoms with Crippen LogP contribution in [-0.2, 0) is 9.59 Å². The molecule has 1 heterocycles. The number of allylic oxidation sites excluding steroid dienone is 2. The maximum Gasteiger partial charge on any atom is 0.271 e. The Morgan fingerprint density at radius 3 is 2.78 bits per heavy atom. The highest BCUT2D eigenvalue weighted by molar-refractivity contribution is 6.30. The summed E-state index contributed by atoms with van der Waals surface area (Å²) in [6.45, 7) is -0.0105. The number of hydrogen-bond acceptors (Lipinski definition) is 5. The fourth-order valence-electron chi connectivity index (χ4n) is 2.95. The van der Waals surface area contributed by atoms with E-state index in [-0.39, 0.29) is 30.1 Å². The zero-order valence-corrected chi connectivity index (χ0v) is 12.8. The molecule has 1 saturated heterocycles. The molecule has 7 nitrogen and oxygen atoms in total. The number of rotatable bonds is 4. The molecule has 0 saturated carbocycles. The lowest BCUT2D eigenvalue weighted by Crippen LogP contribution is -2.35. The van der Waals surface area contributed by atoms with Gasteiger partial charge >= 0.3 is 0 Å². The van der Waals surface area contributed by atoms with E-state index in [1.807, 2.05) is 0 Å². The number of fused-ring (bicyclic) bond motifs is 1. The highest BCUT2D eigenvalue weighted by Gasteiger charge is 2.48. The third-order valence-corrected chi connectivity index (χ3v) is 4.47. The van der Waals surface area contributed by atoms with Crippen molar-refractivity contribution >= 4 is 34.8 Å². The van der Waals surface area contributed by atoms with E-state index in [4.69, 9.17) is 11.6 Å². The second kappa shape index (κ2) is 6.00. The summed E-state index contributed by atoms with van der Waals surface area (Å²) in [6, 6.07) is 5.91. The summed E-state index contributed by atoms with van der Waals surface area (Å²) in [6.07, 6.45) is 2.65. The Bertz CT molecular complexity index is 718. The standard InChI is InChI=1S/C15H14ClN3O4/c16-9-4-5-12-13(6-9)15(21)18(14(12)20)8-17-10-2-1-3-11(7-10)19(22)23/h1-4,7,12-13,17H,5-6,8H2. The van der Waals surface area contributed by atoms with E-state index >= 15 is 0 Å². The van der Waals surface area contributed by atoms with Crippen LogP contribution in [0.15, 0.2) is 35.4 Å². The fourth-order valence-corrected chi connectivity index (χ4v) is 3.21. The summed E-state index contributed by atoms with van der Waals surface area (Å²) in [5.74, 6) is -1.22. The quantitative estimate of drug-likeness (QED) is 0.518. The van der Waals surface area contributed by atoms with Crippen molar-refractivity contribution < 1.29 is 14.5 Å². The van der Waals surface area contributed by atoms with Crippen molar-refractivity contribution in [1.82, 2.24) is 4.90 Å². The number of nitrogens with one attached hydrogen (secondary N) is 1. The lowest BCUT2D eigenvalue weighted by molar-refractivity contribution is -0.384. The first-order valence-corrected chi connectivity index (χ1v) is 7.53. The minimum atomic E-state index is -0.500. The van der Waals surface area contributed by atoms with Gasteiger partial charge in [0.15, 0.2) is 0 Å². The Hall–Kier alpha value is -2.41. The summed E-state index contributed by atoms with van der Waals surface area (Å²) < 4.78 is 0. The monoisotopic (exact) mass is 335 g/mol. The zero-order valence-electron chi connectivity index (χ0n) is 12.1. The summed E-state index contributed by atoms with van der Waals surface area (Å²) in [5.41, 5.74) is 0.421. The second-order valence-electron chi connectivity index (χ2n) is 5.55. The van der Waals surface area contributed by atoms with E-state index in [0.717, 1.165) is 4.90 Å². The molecule has 0 bridgehead atoms. The van der Waals surface area contributed by atoms with Crippen molar-refractivity contribution in [3.8, 4) is 0 Å². The third kappa shape index (κ3) is 2.92. The van der Waals surface area contributed by atoms with Gasteiger partial charge in [-0.2, -0.15) is 0 Å². The Kier molecular flexibility index (Phi) is 4.04. The number of hydrogen-bond donors (Lipinski definition) is 1. The van der Waals surface area contributed by atoms with Gasteiger partial charge in [0.1, 0.15) is 0 Å². The number of non-ortho nitro benzene ring substituents is 1. The molecule has 1 aliphatic heterocycles. The van der Waals surface area contributed by atoms with Crippen LogP contribution in [0.2, 0.25) is 0 Å². The van der Waals surface area contributed by atoms with Gasteiger partial charge in [-0.25, -0.2) is 0 Å². The Morgan fingerprint density at radius 1 is 1.30 bits per heavy atom. The normalized spacial score (nSPS) is 23.5. The molecule has 0 aromatic heterocycles. The number of nitro benzene ring substituents is 1. The number of halogens is 1. The van der Waals surface area contributed by atoms with Crippen LogP contribution >= 0.6 is 11.6 Å². The number of benzene rings is 1. The largest absolute Gasteiger partial charge is 0.367 e. The molecule has 1 aromatic carbocycles. The first-order chi connectivity index (χ1) is 11.0. The predicted octanol–water partition coefficient (Wildman–Crippen LogP) is 2.48. The zero-order chi connectivity index (χ0) is 16.6. The maximum atomic E-state index is 12.4.